The molecule has 1 aliphatic carbocycles. The van der Waals surface area contributed by atoms with E-state index in [9.17, 15) is 18.3 Å². The molecule has 0 spiro atoms. The Morgan fingerprint density at radius 3 is 2.49 bits per heavy atom. The SMILES string of the molecule is COc1nc(C)nc(C2CC2)c1-c1ncc2[nH]cc(C(O)c3ccc(-c4nc(C(F)(F)F)cn4C)cc3)c2n1. The van der Waals surface area contributed by atoms with Gasteiger partial charge in [-0.1, -0.05) is 24.3 Å². The normalized spacial score (nSPS) is 14.6. The summed E-state index contributed by atoms with van der Waals surface area (Å²) in [4.78, 5) is 25.2. The second-order valence-corrected chi connectivity index (χ2v) is 9.60. The minimum atomic E-state index is -4.53. The number of hydrogen-bond acceptors (Lipinski definition) is 7. The van der Waals surface area contributed by atoms with Gasteiger partial charge in [-0.2, -0.15) is 18.2 Å². The van der Waals surface area contributed by atoms with Crippen LogP contribution < -0.4 is 4.74 Å². The Balaban J connectivity index is 1.36. The van der Waals surface area contributed by atoms with Crippen molar-refractivity contribution < 1.29 is 23.0 Å². The van der Waals surface area contributed by atoms with Gasteiger partial charge in [0.2, 0.25) is 5.88 Å². The Morgan fingerprint density at radius 2 is 1.85 bits per heavy atom. The Morgan fingerprint density at radius 1 is 1.10 bits per heavy atom. The predicted molar refractivity (Wildman–Crippen MR) is 136 cm³/mol. The van der Waals surface area contributed by atoms with Gasteiger partial charge in [0.25, 0.3) is 0 Å². The van der Waals surface area contributed by atoms with Crippen molar-refractivity contribution in [2.45, 2.75) is 38.0 Å². The summed E-state index contributed by atoms with van der Waals surface area (Å²) in [5.41, 5.74) is 3.27. The van der Waals surface area contributed by atoms with Crippen LogP contribution in [-0.4, -0.2) is 46.7 Å². The van der Waals surface area contributed by atoms with E-state index in [1.54, 1.807) is 43.8 Å². The molecule has 39 heavy (non-hydrogen) atoms. The number of halogens is 3. The molecule has 0 radical (unpaired) electrons. The van der Waals surface area contributed by atoms with Gasteiger partial charge in [-0.3, -0.25) is 0 Å². The molecular formula is C27H24F3N7O2. The molecule has 6 rings (SSSR count). The average molecular weight is 536 g/mol. The van der Waals surface area contributed by atoms with Crippen LogP contribution in [0.3, 0.4) is 0 Å². The smallest absolute Gasteiger partial charge is 0.434 e. The summed E-state index contributed by atoms with van der Waals surface area (Å²) in [6.45, 7) is 1.82. The fraction of sp³-hybridized carbons (Fsp3) is 0.296. The number of aryl methyl sites for hydroxylation is 2. The van der Waals surface area contributed by atoms with Crippen molar-refractivity contribution in [2.75, 3.05) is 7.11 Å². The molecule has 2 N–H and O–H groups in total. The van der Waals surface area contributed by atoms with Gasteiger partial charge in [-0.15, -0.1) is 0 Å². The van der Waals surface area contributed by atoms with Crippen LogP contribution in [0.15, 0.2) is 42.9 Å². The number of fused-ring (bicyclic) bond motifs is 1. The molecule has 9 nitrogen and oxygen atoms in total. The third-order valence-electron chi connectivity index (χ3n) is 6.79. The number of hydrogen-bond donors (Lipinski definition) is 2. The van der Waals surface area contributed by atoms with Gasteiger partial charge < -0.3 is 19.4 Å². The minimum Gasteiger partial charge on any atom is -0.480 e. The van der Waals surface area contributed by atoms with Crippen LogP contribution in [0, 0.1) is 6.92 Å². The van der Waals surface area contributed by atoms with Crippen LogP contribution in [0.4, 0.5) is 13.2 Å². The number of aromatic amines is 1. The molecule has 5 aromatic rings. The van der Waals surface area contributed by atoms with Crippen molar-refractivity contribution in [2.24, 2.45) is 7.05 Å². The lowest BCUT2D eigenvalue weighted by Gasteiger charge is -2.13. The number of aromatic nitrogens is 7. The minimum absolute atomic E-state index is 0.175. The van der Waals surface area contributed by atoms with Crippen molar-refractivity contribution in [3.8, 4) is 28.7 Å². The molecule has 0 saturated heterocycles. The molecule has 0 aliphatic heterocycles. The molecule has 1 aromatic carbocycles. The molecule has 0 amide bonds. The summed E-state index contributed by atoms with van der Waals surface area (Å²) >= 11 is 0. The predicted octanol–water partition coefficient (Wildman–Crippen LogP) is 5.11. The molecule has 1 unspecified atom stereocenters. The number of rotatable bonds is 6. The molecule has 1 saturated carbocycles. The number of ether oxygens (including phenoxy) is 1. The van der Waals surface area contributed by atoms with Crippen molar-refractivity contribution in [1.82, 2.24) is 34.5 Å². The van der Waals surface area contributed by atoms with E-state index >= 15 is 0 Å². The van der Waals surface area contributed by atoms with Gasteiger partial charge in [0.15, 0.2) is 11.5 Å². The van der Waals surface area contributed by atoms with Gasteiger partial charge in [0.05, 0.1) is 30.0 Å². The zero-order valence-corrected chi connectivity index (χ0v) is 21.3. The van der Waals surface area contributed by atoms with E-state index in [0.717, 1.165) is 24.7 Å². The van der Waals surface area contributed by atoms with Crippen LogP contribution in [-0.2, 0) is 13.2 Å². The Hall–Kier alpha value is -4.32. The monoisotopic (exact) mass is 535 g/mol. The zero-order valence-electron chi connectivity index (χ0n) is 21.3. The van der Waals surface area contributed by atoms with Gasteiger partial charge in [0, 0.05) is 36.5 Å². The van der Waals surface area contributed by atoms with Crippen LogP contribution in [0.1, 0.15) is 53.2 Å². The number of methoxy groups -OCH3 is 1. The number of alkyl halides is 3. The summed E-state index contributed by atoms with van der Waals surface area (Å²) in [6.07, 6.45) is 0.721. The number of aliphatic hydroxyl groups excluding tert-OH is 1. The van der Waals surface area contributed by atoms with E-state index in [2.05, 4.69) is 24.9 Å². The van der Waals surface area contributed by atoms with Crippen molar-refractivity contribution in [3.63, 3.8) is 0 Å². The molecule has 1 fully saturated rings. The molecule has 4 heterocycles. The van der Waals surface area contributed by atoms with E-state index < -0.39 is 18.0 Å². The highest BCUT2D eigenvalue weighted by molar-refractivity contribution is 5.82. The molecule has 1 atom stereocenters. The van der Waals surface area contributed by atoms with Gasteiger partial charge >= 0.3 is 6.18 Å². The van der Waals surface area contributed by atoms with Crippen LogP contribution >= 0.6 is 0 Å². The van der Waals surface area contributed by atoms with Crippen molar-refractivity contribution >= 4 is 11.0 Å². The van der Waals surface area contributed by atoms with E-state index in [1.807, 2.05) is 6.92 Å². The second kappa shape index (κ2) is 9.16. The second-order valence-electron chi connectivity index (χ2n) is 9.60. The van der Waals surface area contributed by atoms with Gasteiger partial charge in [-0.25, -0.2) is 19.9 Å². The lowest BCUT2D eigenvalue weighted by Crippen LogP contribution is -2.05. The van der Waals surface area contributed by atoms with E-state index in [4.69, 9.17) is 9.72 Å². The number of aliphatic hydroxyl groups is 1. The first kappa shape index (κ1) is 25.0. The summed E-state index contributed by atoms with van der Waals surface area (Å²) in [7, 11) is 3.05. The summed E-state index contributed by atoms with van der Waals surface area (Å²) in [6, 6.07) is 6.58. The van der Waals surface area contributed by atoms with E-state index in [0.29, 0.717) is 56.7 Å². The Labute approximate surface area is 220 Å². The largest absolute Gasteiger partial charge is 0.480 e. The third-order valence-corrected chi connectivity index (χ3v) is 6.79. The molecule has 12 heteroatoms. The highest BCUT2D eigenvalue weighted by atomic mass is 19.4. The highest BCUT2D eigenvalue weighted by Crippen LogP contribution is 2.45. The number of H-pyrrole nitrogens is 1. The van der Waals surface area contributed by atoms with Gasteiger partial charge in [-0.05, 0) is 25.3 Å². The fourth-order valence-electron chi connectivity index (χ4n) is 4.70. The molecule has 4 aromatic heterocycles. The topological polar surface area (TPSA) is 115 Å². The van der Waals surface area contributed by atoms with E-state index in [-0.39, 0.29) is 5.82 Å². The first-order valence-electron chi connectivity index (χ1n) is 12.3. The third kappa shape index (κ3) is 4.50. The fourth-order valence-corrected chi connectivity index (χ4v) is 4.70. The standard InChI is InChI=1S/C27H24F3N7O2/c1-13-33-21(14-4-5-14)20(26(34-13)39-3)24-32-11-18-22(36-24)17(10-31-18)23(38)15-6-8-16(9-7-15)25-35-19(12-37(25)2)27(28,29)30/h6-12,14,23,31,38H,4-5H2,1-3H3. The van der Waals surface area contributed by atoms with Crippen LogP contribution in [0.2, 0.25) is 0 Å². The molecule has 0 bridgehead atoms. The number of nitrogens with one attached hydrogen (secondary N) is 1. The quantitative estimate of drug-likeness (QED) is 0.311. The summed E-state index contributed by atoms with van der Waals surface area (Å²) < 4.78 is 46.1. The first-order valence-corrected chi connectivity index (χ1v) is 12.3. The molecular weight excluding hydrogens is 511 g/mol. The van der Waals surface area contributed by atoms with Crippen molar-refractivity contribution in [3.05, 3.63) is 71.2 Å². The first-order chi connectivity index (χ1) is 18.6. The maximum atomic E-state index is 13.1. The number of nitrogens with zero attached hydrogens (tertiary/aromatic N) is 6. The van der Waals surface area contributed by atoms with Gasteiger partial charge in [0.1, 0.15) is 23.3 Å². The molecule has 200 valence electrons. The maximum Gasteiger partial charge on any atom is 0.434 e. The number of benzene rings is 1. The highest BCUT2D eigenvalue weighted by Gasteiger charge is 2.35. The lowest BCUT2D eigenvalue weighted by molar-refractivity contribution is -0.140. The molecule has 1 aliphatic rings. The Bertz CT molecular complexity index is 1690. The number of imidazole rings is 1. The zero-order chi connectivity index (χ0) is 27.5. The lowest BCUT2D eigenvalue weighted by atomic mass is 10.0. The van der Waals surface area contributed by atoms with Crippen LogP contribution in [0.25, 0.3) is 33.8 Å². The van der Waals surface area contributed by atoms with E-state index in [1.165, 1.54) is 11.6 Å². The van der Waals surface area contributed by atoms with Crippen LogP contribution in [0.5, 0.6) is 5.88 Å². The Kier molecular flexibility index (Phi) is 5.87. The summed E-state index contributed by atoms with van der Waals surface area (Å²) in [5.74, 6) is 1.89. The van der Waals surface area contributed by atoms with Crippen molar-refractivity contribution in [1.29, 1.82) is 0 Å². The maximum absolute atomic E-state index is 13.1. The summed E-state index contributed by atoms with van der Waals surface area (Å²) in [5, 5.41) is 11.3. The average Bonchev–Trinajstić information content (AvgIpc) is 3.56.